The Hall–Kier alpha value is -3.00. The molecule has 3 rings (SSSR count). The summed E-state index contributed by atoms with van der Waals surface area (Å²) in [5.74, 6) is -0.798. The molecule has 1 saturated heterocycles. The molecule has 1 amide bonds. The average molecular weight is 371 g/mol. The lowest BCUT2D eigenvalue weighted by atomic mass is 9.74. The molecular formula is C19H21N3O5. The number of hydrogen-bond donors (Lipinski definition) is 2. The molecule has 1 aliphatic heterocycles. The van der Waals surface area contributed by atoms with Crippen molar-refractivity contribution in [3.63, 3.8) is 0 Å². The van der Waals surface area contributed by atoms with Gasteiger partial charge >= 0.3 is 5.97 Å². The van der Waals surface area contributed by atoms with E-state index in [1.54, 1.807) is 7.11 Å². The molecule has 0 saturated carbocycles. The van der Waals surface area contributed by atoms with Crippen molar-refractivity contribution in [2.45, 2.75) is 18.3 Å². The smallest absolute Gasteiger partial charge is 0.356 e. The van der Waals surface area contributed by atoms with Crippen molar-refractivity contribution in [3.8, 4) is 5.75 Å². The molecule has 1 aliphatic rings. The number of ether oxygens (including phenoxy) is 2. The van der Waals surface area contributed by atoms with Crippen molar-refractivity contribution in [2.24, 2.45) is 0 Å². The summed E-state index contributed by atoms with van der Waals surface area (Å²) in [4.78, 5) is 30.9. The highest BCUT2D eigenvalue weighted by Crippen LogP contribution is 2.35. The van der Waals surface area contributed by atoms with E-state index in [9.17, 15) is 9.59 Å². The van der Waals surface area contributed by atoms with Gasteiger partial charge in [0.05, 0.1) is 19.5 Å². The van der Waals surface area contributed by atoms with Crippen LogP contribution in [0.1, 0.15) is 39.4 Å². The largest absolute Gasteiger partial charge is 0.497 e. The summed E-state index contributed by atoms with van der Waals surface area (Å²) in [5, 5.41) is 11.8. The first-order valence-corrected chi connectivity index (χ1v) is 8.60. The van der Waals surface area contributed by atoms with Gasteiger partial charge in [0.1, 0.15) is 11.4 Å². The summed E-state index contributed by atoms with van der Waals surface area (Å²) in [5.41, 5.74) is 0.746. The number of rotatable bonds is 6. The SMILES string of the molecule is COc1ccc(C2(CNC(=O)c3cnc(C(=O)O)cn3)CCOCC2)cc1. The van der Waals surface area contributed by atoms with E-state index in [-0.39, 0.29) is 22.7 Å². The highest BCUT2D eigenvalue weighted by Gasteiger charge is 2.35. The summed E-state index contributed by atoms with van der Waals surface area (Å²) in [6, 6.07) is 7.84. The van der Waals surface area contributed by atoms with E-state index >= 15 is 0 Å². The molecule has 1 aromatic heterocycles. The quantitative estimate of drug-likeness (QED) is 0.794. The molecule has 2 heterocycles. The molecule has 8 nitrogen and oxygen atoms in total. The number of amides is 1. The van der Waals surface area contributed by atoms with E-state index < -0.39 is 5.97 Å². The number of nitrogens with zero attached hydrogens (tertiary/aromatic N) is 2. The Bertz CT molecular complexity index is 799. The minimum atomic E-state index is -1.19. The lowest BCUT2D eigenvalue weighted by molar-refractivity contribution is 0.0486. The van der Waals surface area contributed by atoms with E-state index in [2.05, 4.69) is 15.3 Å². The van der Waals surface area contributed by atoms with Crippen LogP contribution in [0.3, 0.4) is 0 Å². The molecule has 1 aromatic carbocycles. The molecule has 0 atom stereocenters. The maximum Gasteiger partial charge on any atom is 0.356 e. The minimum Gasteiger partial charge on any atom is -0.497 e. The van der Waals surface area contributed by atoms with Gasteiger partial charge in [-0.05, 0) is 30.5 Å². The predicted octanol–water partition coefficient (Wildman–Crippen LogP) is 1.66. The van der Waals surface area contributed by atoms with Crippen LogP contribution in [0.2, 0.25) is 0 Å². The van der Waals surface area contributed by atoms with Gasteiger partial charge in [0.2, 0.25) is 0 Å². The van der Waals surface area contributed by atoms with E-state index in [0.717, 1.165) is 30.4 Å². The Morgan fingerprint density at radius 1 is 1.15 bits per heavy atom. The minimum absolute atomic E-state index is 0.0805. The van der Waals surface area contributed by atoms with Crippen molar-refractivity contribution in [1.82, 2.24) is 15.3 Å². The molecule has 0 spiro atoms. The first-order chi connectivity index (χ1) is 13.0. The van der Waals surface area contributed by atoms with Crippen LogP contribution in [-0.4, -0.2) is 53.8 Å². The van der Waals surface area contributed by atoms with Crippen LogP contribution < -0.4 is 10.1 Å². The summed E-state index contributed by atoms with van der Waals surface area (Å²) >= 11 is 0. The fraction of sp³-hybridized carbons (Fsp3) is 0.368. The van der Waals surface area contributed by atoms with Gasteiger partial charge in [-0.2, -0.15) is 0 Å². The van der Waals surface area contributed by atoms with Crippen molar-refractivity contribution < 1.29 is 24.2 Å². The Labute approximate surface area is 156 Å². The first-order valence-electron chi connectivity index (χ1n) is 8.60. The molecule has 27 heavy (non-hydrogen) atoms. The van der Waals surface area contributed by atoms with Crippen molar-refractivity contribution in [3.05, 3.63) is 53.6 Å². The highest BCUT2D eigenvalue weighted by atomic mass is 16.5. The molecule has 1 fully saturated rings. The highest BCUT2D eigenvalue weighted by molar-refractivity contribution is 5.92. The van der Waals surface area contributed by atoms with Crippen LogP contribution in [0, 0.1) is 0 Å². The van der Waals surface area contributed by atoms with Crippen molar-refractivity contribution in [1.29, 1.82) is 0 Å². The third-order valence-electron chi connectivity index (χ3n) is 4.84. The fourth-order valence-corrected chi connectivity index (χ4v) is 3.17. The molecule has 0 radical (unpaired) electrons. The lowest BCUT2D eigenvalue weighted by Crippen LogP contribution is -2.44. The maximum absolute atomic E-state index is 12.4. The van der Waals surface area contributed by atoms with E-state index in [4.69, 9.17) is 14.6 Å². The zero-order valence-electron chi connectivity index (χ0n) is 15.0. The normalized spacial score (nSPS) is 15.7. The second-order valence-electron chi connectivity index (χ2n) is 6.40. The van der Waals surface area contributed by atoms with Crippen LogP contribution >= 0.6 is 0 Å². The molecule has 0 bridgehead atoms. The molecule has 2 N–H and O–H groups in total. The number of nitrogens with one attached hydrogen (secondary N) is 1. The summed E-state index contributed by atoms with van der Waals surface area (Å²) < 4.78 is 10.7. The van der Waals surface area contributed by atoms with Crippen LogP contribution in [0.4, 0.5) is 0 Å². The summed E-state index contributed by atoms with van der Waals surface area (Å²) in [7, 11) is 1.62. The molecule has 2 aromatic rings. The molecule has 0 unspecified atom stereocenters. The number of methoxy groups -OCH3 is 1. The third-order valence-corrected chi connectivity index (χ3v) is 4.84. The summed E-state index contributed by atoms with van der Waals surface area (Å²) in [6.45, 7) is 1.66. The standard InChI is InChI=1S/C19H21N3O5/c1-26-14-4-2-13(3-5-14)19(6-8-27-9-7-19)12-22-17(23)15-10-21-16(11-20-15)18(24)25/h2-5,10-11H,6-9,12H2,1H3,(H,22,23)(H,24,25). The van der Waals surface area contributed by atoms with Gasteiger partial charge in [0.15, 0.2) is 5.69 Å². The van der Waals surface area contributed by atoms with Gasteiger partial charge in [-0.25, -0.2) is 14.8 Å². The Morgan fingerprint density at radius 2 is 1.78 bits per heavy atom. The van der Waals surface area contributed by atoms with Crippen LogP contribution in [0.15, 0.2) is 36.7 Å². The van der Waals surface area contributed by atoms with Gasteiger partial charge < -0.3 is 19.9 Å². The number of carboxylic acid groups (broad SMARTS) is 1. The number of carboxylic acids is 1. The number of benzene rings is 1. The zero-order chi connectivity index (χ0) is 19.3. The van der Waals surface area contributed by atoms with E-state index in [1.807, 2.05) is 24.3 Å². The fourth-order valence-electron chi connectivity index (χ4n) is 3.17. The second kappa shape index (κ2) is 8.13. The van der Waals surface area contributed by atoms with Crippen molar-refractivity contribution >= 4 is 11.9 Å². The Kier molecular flexibility index (Phi) is 5.66. The van der Waals surface area contributed by atoms with Crippen LogP contribution in [0.25, 0.3) is 0 Å². The number of carbonyl (C=O) groups excluding carboxylic acids is 1. The maximum atomic E-state index is 12.4. The molecular weight excluding hydrogens is 350 g/mol. The average Bonchev–Trinajstić information content (AvgIpc) is 2.73. The van der Waals surface area contributed by atoms with Gasteiger partial charge in [0.25, 0.3) is 5.91 Å². The molecule has 0 aliphatic carbocycles. The van der Waals surface area contributed by atoms with Crippen LogP contribution in [0.5, 0.6) is 5.75 Å². The molecule has 142 valence electrons. The number of aromatic carboxylic acids is 1. The Balaban J connectivity index is 1.74. The number of carbonyl (C=O) groups is 2. The third kappa shape index (κ3) is 4.22. The van der Waals surface area contributed by atoms with Gasteiger partial charge in [-0.3, -0.25) is 4.79 Å². The van der Waals surface area contributed by atoms with Gasteiger partial charge in [-0.15, -0.1) is 0 Å². The number of aromatic nitrogens is 2. The summed E-state index contributed by atoms with van der Waals surface area (Å²) in [6.07, 6.45) is 3.81. The van der Waals surface area contributed by atoms with E-state index in [0.29, 0.717) is 19.8 Å². The Morgan fingerprint density at radius 3 is 2.33 bits per heavy atom. The van der Waals surface area contributed by atoms with E-state index in [1.165, 1.54) is 6.20 Å². The van der Waals surface area contributed by atoms with Crippen LogP contribution in [-0.2, 0) is 10.2 Å². The van der Waals surface area contributed by atoms with Gasteiger partial charge in [-0.1, -0.05) is 12.1 Å². The van der Waals surface area contributed by atoms with Gasteiger partial charge in [0, 0.05) is 25.2 Å². The zero-order valence-corrected chi connectivity index (χ0v) is 15.0. The topological polar surface area (TPSA) is 111 Å². The lowest BCUT2D eigenvalue weighted by Gasteiger charge is -2.38. The second-order valence-corrected chi connectivity index (χ2v) is 6.40. The van der Waals surface area contributed by atoms with Crippen molar-refractivity contribution in [2.75, 3.05) is 26.9 Å². The molecule has 8 heteroatoms. The predicted molar refractivity (Wildman–Crippen MR) is 96.0 cm³/mol. The monoisotopic (exact) mass is 371 g/mol. The first kappa shape index (κ1) is 18.8. The number of hydrogen-bond acceptors (Lipinski definition) is 6.